The lowest BCUT2D eigenvalue weighted by Crippen LogP contribution is -2.31. The van der Waals surface area contributed by atoms with Crippen LogP contribution in [0, 0.1) is 0 Å². The van der Waals surface area contributed by atoms with Crippen LogP contribution in [0.3, 0.4) is 0 Å². The van der Waals surface area contributed by atoms with Gasteiger partial charge in [0.25, 0.3) is 0 Å². The Kier molecular flexibility index (Phi) is 5.41. The van der Waals surface area contributed by atoms with Gasteiger partial charge in [0, 0.05) is 15.8 Å². The van der Waals surface area contributed by atoms with Gasteiger partial charge in [-0.05, 0) is 45.6 Å². The highest BCUT2D eigenvalue weighted by molar-refractivity contribution is 7.12. The third-order valence-corrected chi connectivity index (χ3v) is 3.94. The summed E-state index contributed by atoms with van der Waals surface area (Å²) in [5.41, 5.74) is 5.98. The number of rotatable bonds is 6. The summed E-state index contributed by atoms with van der Waals surface area (Å²) < 4.78 is 0. The molecule has 0 saturated heterocycles. The molecule has 3 N–H and O–H groups in total. The normalized spacial score (nSPS) is 15.4. The highest BCUT2D eigenvalue weighted by atomic mass is 32.1. The Morgan fingerprint density at radius 2 is 2.12 bits per heavy atom. The van der Waals surface area contributed by atoms with E-state index in [-0.39, 0.29) is 6.04 Å². The van der Waals surface area contributed by atoms with Crippen LogP contribution in [0.15, 0.2) is 12.1 Å². The third-order valence-electron chi connectivity index (χ3n) is 2.64. The zero-order chi connectivity index (χ0) is 12.1. The maximum absolute atomic E-state index is 10.1. The van der Waals surface area contributed by atoms with Crippen molar-refractivity contribution >= 4 is 11.3 Å². The standard InChI is InChI=1S/C12H22N2OS/c1-4-9-5-6-11(16-9)12(15)10(13)7-8-14(2)3/h5-6,10,12,15H,4,7-8,13H2,1-3H3. The molecule has 0 amide bonds. The summed E-state index contributed by atoms with van der Waals surface area (Å²) in [6.07, 6.45) is 1.31. The van der Waals surface area contributed by atoms with E-state index in [1.165, 1.54) is 4.88 Å². The molecule has 1 aromatic rings. The number of aryl methyl sites for hydroxylation is 1. The molecule has 0 aliphatic carbocycles. The van der Waals surface area contributed by atoms with Crippen LogP contribution in [0.25, 0.3) is 0 Å². The molecule has 2 atom stereocenters. The van der Waals surface area contributed by atoms with Crippen molar-refractivity contribution in [2.24, 2.45) is 5.73 Å². The zero-order valence-corrected chi connectivity index (χ0v) is 11.1. The van der Waals surface area contributed by atoms with Gasteiger partial charge >= 0.3 is 0 Å². The van der Waals surface area contributed by atoms with Crippen LogP contribution < -0.4 is 5.73 Å². The molecule has 0 bridgehead atoms. The van der Waals surface area contributed by atoms with E-state index in [9.17, 15) is 5.11 Å². The molecular formula is C12H22N2OS. The number of nitrogens with two attached hydrogens (primary N) is 1. The molecular weight excluding hydrogens is 220 g/mol. The molecule has 0 saturated carbocycles. The van der Waals surface area contributed by atoms with Gasteiger partial charge in [-0.1, -0.05) is 6.92 Å². The fourth-order valence-corrected chi connectivity index (χ4v) is 2.53. The van der Waals surface area contributed by atoms with E-state index in [0.717, 1.165) is 24.3 Å². The Bertz CT molecular complexity index is 312. The molecule has 1 heterocycles. The maximum atomic E-state index is 10.1. The van der Waals surface area contributed by atoms with Gasteiger partial charge in [-0.25, -0.2) is 0 Å². The van der Waals surface area contributed by atoms with E-state index in [2.05, 4.69) is 17.9 Å². The van der Waals surface area contributed by atoms with Crippen LogP contribution in [-0.4, -0.2) is 36.7 Å². The minimum atomic E-state index is -0.523. The molecule has 4 heteroatoms. The molecule has 2 unspecified atom stereocenters. The Morgan fingerprint density at radius 1 is 1.44 bits per heavy atom. The molecule has 0 aliphatic heterocycles. The van der Waals surface area contributed by atoms with Gasteiger partial charge in [0.15, 0.2) is 0 Å². The number of hydrogen-bond donors (Lipinski definition) is 2. The Labute approximate surface area is 102 Å². The predicted molar refractivity (Wildman–Crippen MR) is 69.8 cm³/mol. The van der Waals surface area contributed by atoms with Crippen molar-refractivity contribution in [2.45, 2.75) is 31.9 Å². The first-order chi connectivity index (χ1) is 7.54. The Morgan fingerprint density at radius 3 is 2.62 bits per heavy atom. The molecule has 0 radical (unpaired) electrons. The van der Waals surface area contributed by atoms with E-state index in [1.807, 2.05) is 20.2 Å². The van der Waals surface area contributed by atoms with Crippen LogP contribution in [0.2, 0.25) is 0 Å². The second-order valence-corrected chi connectivity index (χ2v) is 5.56. The first-order valence-corrected chi connectivity index (χ1v) is 6.53. The van der Waals surface area contributed by atoms with Gasteiger partial charge in [-0.3, -0.25) is 0 Å². The van der Waals surface area contributed by atoms with Crippen molar-refractivity contribution in [3.05, 3.63) is 21.9 Å². The van der Waals surface area contributed by atoms with Crippen molar-refractivity contribution < 1.29 is 5.11 Å². The lowest BCUT2D eigenvalue weighted by atomic mass is 10.1. The Balaban J connectivity index is 2.52. The Hall–Kier alpha value is -0.420. The van der Waals surface area contributed by atoms with Crippen LogP contribution in [-0.2, 0) is 6.42 Å². The monoisotopic (exact) mass is 242 g/mol. The van der Waals surface area contributed by atoms with Crippen molar-refractivity contribution in [1.82, 2.24) is 4.90 Å². The number of thiophene rings is 1. The van der Waals surface area contributed by atoms with E-state index in [1.54, 1.807) is 11.3 Å². The second kappa shape index (κ2) is 6.35. The largest absolute Gasteiger partial charge is 0.386 e. The van der Waals surface area contributed by atoms with Gasteiger partial charge in [0.1, 0.15) is 6.10 Å². The van der Waals surface area contributed by atoms with Crippen LogP contribution in [0.4, 0.5) is 0 Å². The zero-order valence-electron chi connectivity index (χ0n) is 10.3. The molecule has 1 aromatic heterocycles. The highest BCUT2D eigenvalue weighted by Gasteiger charge is 2.18. The SMILES string of the molecule is CCc1ccc(C(O)C(N)CCN(C)C)s1. The van der Waals surface area contributed by atoms with Gasteiger partial charge in [0.05, 0.1) is 0 Å². The quantitative estimate of drug-likeness (QED) is 0.797. The maximum Gasteiger partial charge on any atom is 0.103 e. The van der Waals surface area contributed by atoms with Crippen molar-refractivity contribution in [3.63, 3.8) is 0 Å². The predicted octanol–water partition coefficient (Wildman–Crippen LogP) is 1.62. The number of nitrogens with zero attached hydrogens (tertiary/aromatic N) is 1. The molecule has 0 spiro atoms. The minimum Gasteiger partial charge on any atom is -0.386 e. The molecule has 1 rings (SSSR count). The molecule has 92 valence electrons. The third kappa shape index (κ3) is 3.87. The van der Waals surface area contributed by atoms with Gasteiger partial charge in [0.2, 0.25) is 0 Å². The summed E-state index contributed by atoms with van der Waals surface area (Å²) >= 11 is 1.66. The van der Waals surface area contributed by atoms with E-state index >= 15 is 0 Å². The summed E-state index contributed by atoms with van der Waals surface area (Å²) in [5.74, 6) is 0. The summed E-state index contributed by atoms with van der Waals surface area (Å²) in [6.45, 7) is 3.03. The van der Waals surface area contributed by atoms with E-state index in [0.29, 0.717) is 0 Å². The minimum absolute atomic E-state index is 0.175. The molecule has 0 fully saturated rings. The van der Waals surface area contributed by atoms with Crippen LogP contribution in [0.1, 0.15) is 29.2 Å². The fourth-order valence-electron chi connectivity index (χ4n) is 1.52. The van der Waals surface area contributed by atoms with Crippen LogP contribution >= 0.6 is 11.3 Å². The van der Waals surface area contributed by atoms with Crippen molar-refractivity contribution in [3.8, 4) is 0 Å². The second-order valence-electron chi connectivity index (χ2n) is 4.36. The molecule has 0 aromatic carbocycles. The number of hydrogen-bond acceptors (Lipinski definition) is 4. The van der Waals surface area contributed by atoms with Gasteiger partial charge in [-0.15, -0.1) is 11.3 Å². The lowest BCUT2D eigenvalue weighted by Gasteiger charge is -2.19. The molecule has 16 heavy (non-hydrogen) atoms. The van der Waals surface area contributed by atoms with Crippen molar-refractivity contribution in [2.75, 3.05) is 20.6 Å². The highest BCUT2D eigenvalue weighted by Crippen LogP contribution is 2.26. The fraction of sp³-hybridized carbons (Fsp3) is 0.667. The van der Waals surface area contributed by atoms with E-state index in [4.69, 9.17) is 5.73 Å². The summed E-state index contributed by atoms with van der Waals surface area (Å²) in [7, 11) is 4.03. The van der Waals surface area contributed by atoms with Crippen molar-refractivity contribution in [1.29, 1.82) is 0 Å². The average Bonchev–Trinajstić information content (AvgIpc) is 2.73. The van der Waals surface area contributed by atoms with Crippen LogP contribution in [0.5, 0.6) is 0 Å². The summed E-state index contributed by atoms with van der Waals surface area (Å²) in [5, 5.41) is 10.1. The summed E-state index contributed by atoms with van der Waals surface area (Å²) in [4.78, 5) is 4.37. The number of aliphatic hydroxyl groups is 1. The molecule has 3 nitrogen and oxygen atoms in total. The van der Waals surface area contributed by atoms with Gasteiger partial charge < -0.3 is 15.7 Å². The summed E-state index contributed by atoms with van der Waals surface area (Å²) in [6, 6.07) is 3.89. The first kappa shape index (κ1) is 13.6. The average molecular weight is 242 g/mol. The number of aliphatic hydroxyl groups excluding tert-OH is 1. The first-order valence-electron chi connectivity index (χ1n) is 5.71. The topological polar surface area (TPSA) is 49.5 Å². The van der Waals surface area contributed by atoms with Gasteiger partial charge in [-0.2, -0.15) is 0 Å². The lowest BCUT2D eigenvalue weighted by molar-refractivity contribution is 0.141. The molecule has 0 aliphatic rings. The van der Waals surface area contributed by atoms with E-state index < -0.39 is 6.10 Å². The smallest absolute Gasteiger partial charge is 0.103 e.